The molecule has 0 aliphatic carbocycles. The zero-order valence-electron chi connectivity index (χ0n) is 19.3. The van der Waals surface area contributed by atoms with Crippen molar-refractivity contribution in [2.45, 2.75) is 65.7 Å². The number of carbonyl (C=O) groups excluding carboxylic acids is 1. The number of hydrogen-bond donors (Lipinski definition) is 2. The summed E-state index contributed by atoms with van der Waals surface area (Å²) in [5.74, 6) is 0.127. The van der Waals surface area contributed by atoms with E-state index < -0.39 is 11.7 Å². The van der Waals surface area contributed by atoms with Crippen LogP contribution < -0.4 is 16.7 Å². The SMILES string of the molecule is CC(C)C(C(C)OCCCNC(=O)OC(C)(C)C)n1ncn(-c2ccc(N)cc2)c1=O. The van der Waals surface area contributed by atoms with E-state index in [9.17, 15) is 9.59 Å². The van der Waals surface area contributed by atoms with Crippen LogP contribution in [0.25, 0.3) is 5.69 Å². The topological polar surface area (TPSA) is 113 Å². The molecule has 0 fully saturated rings. The lowest BCUT2D eigenvalue weighted by atomic mass is 10.00. The molecule has 0 spiro atoms. The van der Waals surface area contributed by atoms with Gasteiger partial charge in [-0.3, -0.25) is 0 Å². The van der Waals surface area contributed by atoms with E-state index in [1.165, 1.54) is 15.6 Å². The molecule has 31 heavy (non-hydrogen) atoms. The fraction of sp³-hybridized carbons (Fsp3) is 0.591. The molecule has 0 aliphatic heterocycles. The van der Waals surface area contributed by atoms with Crippen molar-refractivity contribution in [3.05, 3.63) is 41.1 Å². The van der Waals surface area contributed by atoms with Gasteiger partial charge >= 0.3 is 11.8 Å². The van der Waals surface area contributed by atoms with Crippen molar-refractivity contribution in [1.82, 2.24) is 19.7 Å². The van der Waals surface area contributed by atoms with Crippen molar-refractivity contribution in [3.63, 3.8) is 0 Å². The molecular formula is C22H35N5O4. The van der Waals surface area contributed by atoms with Gasteiger partial charge in [-0.25, -0.2) is 18.8 Å². The zero-order chi connectivity index (χ0) is 23.2. The van der Waals surface area contributed by atoms with Crippen LogP contribution in [0.1, 0.15) is 54.0 Å². The Balaban J connectivity index is 1.96. The van der Waals surface area contributed by atoms with Gasteiger partial charge in [0.2, 0.25) is 0 Å². The average molecular weight is 434 g/mol. The third-order valence-corrected chi connectivity index (χ3v) is 4.68. The van der Waals surface area contributed by atoms with E-state index in [0.29, 0.717) is 30.9 Å². The maximum Gasteiger partial charge on any atom is 0.407 e. The highest BCUT2D eigenvalue weighted by molar-refractivity contribution is 5.67. The Morgan fingerprint density at radius 1 is 1.19 bits per heavy atom. The van der Waals surface area contributed by atoms with Gasteiger partial charge in [0.15, 0.2) is 0 Å². The molecule has 1 heterocycles. The van der Waals surface area contributed by atoms with Gasteiger partial charge in [0.1, 0.15) is 11.9 Å². The minimum atomic E-state index is -0.525. The van der Waals surface area contributed by atoms with Gasteiger partial charge in [-0.05, 0) is 64.3 Å². The molecule has 0 saturated carbocycles. The number of rotatable bonds is 9. The molecule has 0 aliphatic rings. The molecule has 0 bridgehead atoms. The van der Waals surface area contributed by atoms with Crippen LogP contribution in [0.5, 0.6) is 0 Å². The largest absolute Gasteiger partial charge is 0.444 e. The van der Waals surface area contributed by atoms with Crippen molar-refractivity contribution in [3.8, 4) is 5.69 Å². The highest BCUT2D eigenvalue weighted by atomic mass is 16.6. The van der Waals surface area contributed by atoms with Crippen LogP contribution in [-0.2, 0) is 9.47 Å². The number of nitrogens with one attached hydrogen (secondary N) is 1. The highest BCUT2D eigenvalue weighted by Crippen LogP contribution is 2.22. The molecule has 2 rings (SSSR count). The van der Waals surface area contributed by atoms with Gasteiger partial charge in [0.05, 0.1) is 17.8 Å². The molecule has 1 aromatic carbocycles. The molecular weight excluding hydrogens is 398 g/mol. The Bertz CT molecular complexity index is 896. The van der Waals surface area contributed by atoms with Gasteiger partial charge in [0.25, 0.3) is 0 Å². The Labute approximate surface area is 183 Å². The van der Waals surface area contributed by atoms with Crippen molar-refractivity contribution >= 4 is 11.8 Å². The summed E-state index contributed by atoms with van der Waals surface area (Å²) >= 11 is 0. The normalized spacial score (nSPS) is 13.8. The van der Waals surface area contributed by atoms with Crippen molar-refractivity contribution < 1.29 is 14.3 Å². The molecule has 0 saturated heterocycles. The van der Waals surface area contributed by atoms with Crippen LogP contribution >= 0.6 is 0 Å². The molecule has 3 N–H and O–H groups in total. The van der Waals surface area contributed by atoms with E-state index in [-0.39, 0.29) is 23.8 Å². The third kappa shape index (κ3) is 7.13. The third-order valence-electron chi connectivity index (χ3n) is 4.68. The van der Waals surface area contributed by atoms with Crippen LogP contribution in [-0.4, -0.2) is 45.3 Å². The second-order valence-electron chi connectivity index (χ2n) is 8.91. The number of anilines is 1. The second kappa shape index (κ2) is 10.5. The predicted octanol–water partition coefficient (Wildman–Crippen LogP) is 3.13. The number of nitrogens with zero attached hydrogens (tertiary/aromatic N) is 3. The number of amides is 1. The second-order valence-corrected chi connectivity index (χ2v) is 8.91. The molecule has 2 atom stereocenters. The highest BCUT2D eigenvalue weighted by Gasteiger charge is 2.27. The van der Waals surface area contributed by atoms with E-state index in [0.717, 1.165) is 0 Å². The zero-order valence-corrected chi connectivity index (χ0v) is 19.3. The Hall–Kier alpha value is -2.81. The Kier molecular flexibility index (Phi) is 8.27. The first-order valence-electron chi connectivity index (χ1n) is 10.6. The van der Waals surface area contributed by atoms with E-state index in [1.807, 2.05) is 41.5 Å². The number of hydrogen-bond acceptors (Lipinski definition) is 6. The summed E-state index contributed by atoms with van der Waals surface area (Å²) in [6, 6.07) is 6.82. The lowest BCUT2D eigenvalue weighted by Gasteiger charge is -2.27. The number of ether oxygens (including phenoxy) is 2. The van der Waals surface area contributed by atoms with Gasteiger partial charge in [0, 0.05) is 18.8 Å². The minimum Gasteiger partial charge on any atom is -0.444 e. The lowest BCUT2D eigenvalue weighted by Crippen LogP contribution is -2.37. The van der Waals surface area contributed by atoms with E-state index in [1.54, 1.807) is 24.3 Å². The summed E-state index contributed by atoms with van der Waals surface area (Å²) in [5.41, 5.74) is 6.31. The summed E-state index contributed by atoms with van der Waals surface area (Å²) < 4.78 is 14.1. The van der Waals surface area contributed by atoms with Gasteiger partial charge in [-0.2, -0.15) is 5.10 Å². The molecule has 2 unspecified atom stereocenters. The first-order valence-corrected chi connectivity index (χ1v) is 10.6. The molecule has 9 heteroatoms. The molecule has 1 amide bonds. The van der Waals surface area contributed by atoms with Crippen LogP contribution in [0.4, 0.5) is 10.5 Å². The first kappa shape index (κ1) is 24.5. The van der Waals surface area contributed by atoms with Gasteiger partial charge in [-0.15, -0.1) is 0 Å². The summed E-state index contributed by atoms with van der Waals surface area (Å²) in [6.07, 6.45) is 1.46. The maximum atomic E-state index is 13.0. The van der Waals surface area contributed by atoms with E-state index >= 15 is 0 Å². The van der Waals surface area contributed by atoms with E-state index in [4.69, 9.17) is 15.2 Å². The first-order chi connectivity index (χ1) is 14.5. The van der Waals surface area contributed by atoms with Crippen LogP contribution in [0.15, 0.2) is 35.4 Å². The lowest BCUT2D eigenvalue weighted by molar-refractivity contribution is 0.00804. The summed E-state index contributed by atoms with van der Waals surface area (Å²) in [7, 11) is 0. The quantitative estimate of drug-likeness (QED) is 0.464. The Morgan fingerprint density at radius 2 is 1.84 bits per heavy atom. The molecule has 1 aromatic heterocycles. The van der Waals surface area contributed by atoms with Crippen LogP contribution in [0, 0.1) is 5.92 Å². The fourth-order valence-corrected chi connectivity index (χ4v) is 3.30. The van der Waals surface area contributed by atoms with Crippen LogP contribution in [0.2, 0.25) is 0 Å². The van der Waals surface area contributed by atoms with Gasteiger partial charge < -0.3 is 20.5 Å². The van der Waals surface area contributed by atoms with Crippen molar-refractivity contribution in [2.75, 3.05) is 18.9 Å². The number of benzene rings is 1. The number of aromatic nitrogens is 3. The number of alkyl carbamates (subject to hydrolysis) is 1. The molecule has 0 radical (unpaired) electrons. The minimum absolute atomic E-state index is 0.127. The van der Waals surface area contributed by atoms with Crippen LogP contribution in [0.3, 0.4) is 0 Å². The summed E-state index contributed by atoms with van der Waals surface area (Å²) in [4.78, 5) is 24.7. The smallest absolute Gasteiger partial charge is 0.407 e. The van der Waals surface area contributed by atoms with Crippen molar-refractivity contribution in [2.24, 2.45) is 5.92 Å². The standard InChI is InChI=1S/C22H35N5O4/c1-15(2)19(16(3)30-13-7-12-24-20(28)31-22(4,5)6)27-21(29)26(14-25-27)18-10-8-17(23)9-11-18/h8-11,14-16,19H,7,12-13,23H2,1-6H3,(H,24,28). The Morgan fingerprint density at radius 3 is 2.42 bits per heavy atom. The summed E-state index contributed by atoms with van der Waals surface area (Å²) in [5, 5.41) is 7.05. The fourth-order valence-electron chi connectivity index (χ4n) is 3.30. The monoisotopic (exact) mass is 433 g/mol. The van der Waals surface area contributed by atoms with Gasteiger partial charge in [-0.1, -0.05) is 13.8 Å². The number of nitrogens with two attached hydrogens (primary N) is 1. The number of carbonyl (C=O) groups is 1. The number of nitrogen functional groups attached to an aromatic ring is 1. The maximum absolute atomic E-state index is 13.0. The molecule has 2 aromatic rings. The van der Waals surface area contributed by atoms with E-state index in [2.05, 4.69) is 10.4 Å². The molecule has 172 valence electrons. The predicted molar refractivity (Wildman–Crippen MR) is 120 cm³/mol. The summed E-state index contributed by atoms with van der Waals surface area (Å²) in [6.45, 7) is 12.3. The average Bonchev–Trinajstić information content (AvgIpc) is 3.02. The van der Waals surface area contributed by atoms with Crippen molar-refractivity contribution in [1.29, 1.82) is 0 Å². The molecule has 9 nitrogen and oxygen atoms in total.